The van der Waals surface area contributed by atoms with Crippen molar-refractivity contribution in [1.82, 2.24) is 4.98 Å². The lowest BCUT2D eigenvalue weighted by atomic mass is 10.0. The van der Waals surface area contributed by atoms with E-state index in [4.69, 9.17) is 10.2 Å². The molecule has 0 aliphatic rings. The van der Waals surface area contributed by atoms with E-state index in [1.165, 1.54) is 0 Å². The van der Waals surface area contributed by atoms with Crippen molar-refractivity contribution in [3.8, 4) is 0 Å². The van der Waals surface area contributed by atoms with E-state index in [0.29, 0.717) is 5.89 Å². The number of amides is 1. The molecule has 3 N–H and O–H groups in total. The van der Waals surface area contributed by atoms with Gasteiger partial charge in [-0.25, -0.2) is 4.98 Å². The number of aromatic nitrogens is 1. The van der Waals surface area contributed by atoms with Gasteiger partial charge in [0.15, 0.2) is 11.5 Å². The number of hydrogen-bond donors (Lipinski definition) is 2. The van der Waals surface area contributed by atoms with Gasteiger partial charge in [-0.15, -0.1) is 0 Å². The molecule has 1 aromatic heterocycles. The normalized spacial score (nSPS) is 14.1. The van der Waals surface area contributed by atoms with Gasteiger partial charge in [0.05, 0.1) is 0 Å². The van der Waals surface area contributed by atoms with E-state index in [9.17, 15) is 4.79 Å². The molecule has 0 bridgehead atoms. The molecule has 2 atom stereocenters. The average Bonchev–Trinajstić information content (AvgIpc) is 2.77. The van der Waals surface area contributed by atoms with Crippen molar-refractivity contribution in [2.24, 2.45) is 11.7 Å². The monoisotopic (exact) mass is 289 g/mol. The number of oxazole rings is 1. The topological polar surface area (TPSA) is 81.2 Å². The van der Waals surface area contributed by atoms with Crippen LogP contribution in [0.15, 0.2) is 22.6 Å². The number of nitrogens with two attached hydrogens (primary N) is 1. The smallest absolute Gasteiger partial charge is 0.227 e. The molecule has 1 aromatic carbocycles. The number of nitrogens with one attached hydrogen (secondary N) is 1. The van der Waals surface area contributed by atoms with Gasteiger partial charge in [-0.1, -0.05) is 13.3 Å². The molecule has 0 spiro atoms. The average molecular weight is 289 g/mol. The number of rotatable bonds is 6. The van der Waals surface area contributed by atoms with Crippen LogP contribution in [0.3, 0.4) is 0 Å². The van der Waals surface area contributed by atoms with E-state index in [1.54, 1.807) is 6.92 Å². The van der Waals surface area contributed by atoms with Gasteiger partial charge in [0, 0.05) is 24.6 Å². The molecule has 1 heterocycles. The summed E-state index contributed by atoms with van der Waals surface area (Å²) in [7, 11) is 0. The highest BCUT2D eigenvalue weighted by molar-refractivity contribution is 5.94. The van der Waals surface area contributed by atoms with Crippen LogP contribution in [0.25, 0.3) is 11.1 Å². The van der Waals surface area contributed by atoms with Crippen molar-refractivity contribution in [2.75, 3.05) is 5.32 Å². The minimum Gasteiger partial charge on any atom is -0.441 e. The Bertz CT molecular complexity index is 619. The fourth-order valence-electron chi connectivity index (χ4n) is 2.26. The molecule has 1 amide bonds. The van der Waals surface area contributed by atoms with Crippen LogP contribution < -0.4 is 11.1 Å². The highest BCUT2D eigenvalue weighted by atomic mass is 16.3. The fourth-order valence-corrected chi connectivity index (χ4v) is 2.26. The summed E-state index contributed by atoms with van der Waals surface area (Å²) in [5.74, 6) is 0.621. The number of anilines is 1. The van der Waals surface area contributed by atoms with Crippen LogP contribution in [0.4, 0.5) is 5.69 Å². The maximum Gasteiger partial charge on any atom is 0.227 e. The van der Waals surface area contributed by atoms with E-state index in [2.05, 4.69) is 10.3 Å². The number of nitrogens with zero attached hydrogens (tertiary/aromatic N) is 1. The van der Waals surface area contributed by atoms with Crippen LogP contribution in [-0.2, 0) is 4.79 Å². The Kier molecular flexibility index (Phi) is 4.96. The van der Waals surface area contributed by atoms with Crippen LogP contribution >= 0.6 is 0 Å². The fraction of sp³-hybridized carbons (Fsp3) is 0.500. The molecule has 2 unspecified atom stereocenters. The highest BCUT2D eigenvalue weighted by Gasteiger charge is 2.13. The quantitative estimate of drug-likeness (QED) is 0.855. The van der Waals surface area contributed by atoms with Gasteiger partial charge >= 0.3 is 0 Å². The van der Waals surface area contributed by atoms with E-state index >= 15 is 0 Å². The predicted molar refractivity (Wildman–Crippen MR) is 84.0 cm³/mol. The lowest BCUT2D eigenvalue weighted by Gasteiger charge is -2.12. The SMILES string of the molecule is Cc1nc2cc(NC(=O)C(C)CCCC(C)N)ccc2o1. The van der Waals surface area contributed by atoms with Gasteiger partial charge in [0.2, 0.25) is 5.91 Å². The second-order valence-corrected chi connectivity index (χ2v) is 5.71. The van der Waals surface area contributed by atoms with E-state index < -0.39 is 0 Å². The third kappa shape index (κ3) is 4.29. The van der Waals surface area contributed by atoms with Crippen LogP contribution in [-0.4, -0.2) is 16.9 Å². The zero-order chi connectivity index (χ0) is 15.4. The number of aryl methyl sites for hydroxylation is 1. The standard InChI is InChI=1S/C16H23N3O2/c1-10(5-4-6-11(2)17)16(20)19-13-7-8-15-14(9-13)18-12(3)21-15/h7-11H,4-6,17H2,1-3H3,(H,19,20). The molecule has 0 fully saturated rings. The molecule has 0 aliphatic carbocycles. The lowest BCUT2D eigenvalue weighted by Crippen LogP contribution is -2.21. The van der Waals surface area contributed by atoms with Gasteiger partial charge in [-0.3, -0.25) is 4.79 Å². The van der Waals surface area contributed by atoms with Gasteiger partial charge < -0.3 is 15.5 Å². The van der Waals surface area contributed by atoms with Gasteiger partial charge in [-0.2, -0.15) is 0 Å². The van der Waals surface area contributed by atoms with Crippen LogP contribution in [0, 0.1) is 12.8 Å². The summed E-state index contributed by atoms with van der Waals surface area (Å²) in [6.45, 7) is 5.73. The van der Waals surface area contributed by atoms with Crippen molar-refractivity contribution in [2.45, 2.75) is 46.1 Å². The number of benzene rings is 1. The Balaban J connectivity index is 1.93. The number of fused-ring (bicyclic) bond motifs is 1. The largest absolute Gasteiger partial charge is 0.441 e. The van der Waals surface area contributed by atoms with Crippen molar-refractivity contribution in [3.05, 3.63) is 24.1 Å². The first kappa shape index (κ1) is 15.5. The molecule has 2 aromatic rings. The molecule has 2 rings (SSSR count). The molecule has 0 radical (unpaired) electrons. The molecule has 114 valence electrons. The first-order valence-electron chi connectivity index (χ1n) is 7.39. The molecule has 0 saturated heterocycles. The molecular formula is C16H23N3O2. The summed E-state index contributed by atoms with van der Waals surface area (Å²) in [6.07, 6.45) is 2.76. The Morgan fingerprint density at radius 3 is 2.86 bits per heavy atom. The van der Waals surface area contributed by atoms with Crippen molar-refractivity contribution in [1.29, 1.82) is 0 Å². The second-order valence-electron chi connectivity index (χ2n) is 5.71. The predicted octanol–water partition coefficient (Wildman–Crippen LogP) is 3.23. The number of hydrogen-bond acceptors (Lipinski definition) is 4. The summed E-state index contributed by atoms with van der Waals surface area (Å²) in [6, 6.07) is 5.68. The maximum absolute atomic E-state index is 12.1. The Hall–Kier alpha value is -1.88. The summed E-state index contributed by atoms with van der Waals surface area (Å²) in [5, 5.41) is 2.93. The summed E-state index contributed by atoms with van der Waals surface area (Å²) in [5.41, 5.74) is 7.96. The second kappa shape index (κ2) is 6.72. The number of carbonyl (C=O) groups is 1. The molecular weight excluding hydrogens is 266 g/mol. The van der Waals surface area contributed by atoms with Crippen molar-refractivity contribution in [3.63, 3.8) is 0 Å². The number of carbonyl (C=O) groups excluding carboxylic acids is 1. The van der Waals surface area contributed by atoms with Gasteiger partial charge in [0.1, 0.15) is 5.52 Å². The molecule has 21 heavy (non-hydrogen) atoms. The van der Waals surface area contributed by atoms with Crippen molar-refractivity contribution < 1.29 is 9.21 Å². The zero-order valence-electron chi connectivity index (χ0n) is 12.8. The molecule has 0 aliphatic heterocycles. The van der Waals surface area contributed by atoms with E-state index in [-0.39, 0.29) is 17.9 Å². The Morgan fingerprint density at radius 2 is 2.14 bits per heavy atom. The first-order valence-corrected chi connectivity index (χ1v) is 7.39. The molecule has 0 saturated carbocycles. The Morgan fingerprint density at radius 1 is 1.38 bits per heavy atom. The minimum atomic E-state index is -0.0292. The van der Waals surface area contributed by atoms with Crippen LogP contribution in [0.2, 0.25) is 0 Å². The van der Waals surface area contributed by atoms with Gasteiger partial charge in [-0.05, 0) is 38.0 Å². The van der Waals surface area contributed by atoms with Crippen LogP contribution in [0.1, 0.15) is 39.0 Å². The van der Waals surface area contributed by atoms with Crippen LogP contribution in [0.5, 0.6) is 0 Å². The Labute approximate surface area is 124 Å². The van der Waals surface area contributed by atoms with Gasteiger partial charge in [0.25, 0.3) is 0 Å². The summed E-state index contributed by atoms with van der Waals surface area (Å²) < 4.78 is 5.42. The highest BCUT2D eigenvalue weighted by Crippen LogP contribution is 2.20. The lowest BCUT2D eigenvalue weighted by molar-refractivity contribution is -0.119. The third-order valence-corrected chi connectivity index (χ3v) is 3.51. The molecule has 5 nitrogen and oxygen atoms in total. The molecule has 5 heteroatoms. The summed E-state index contributed by atoms with van der Waals surface area (Å²) in [4.78, 5) is 16.4. The first-order chi connectivity index (χ1) is 9.95. The van der Waals surface area contributed by atoms with E-state index in [1.807, 2.05) is 32.0 Å². The van der Waals surface area contributed by atoms with Crippen molar-refractivity contribution >= 4 is 22.7 Å². The summed E-state index contributed by atoms with van der Waals surface area (Å²) >= 11 is 0. The third-order valence-electron chi connectivity index (χ3n) is 3.51. The zero-order valence-corrected chi connectivity index (χ0v) is 12.8. The maximum atomic E-state index is 12.1. The minimum absolute atomic E-state index is 0.0271. The van der Waals surface area contributed by atoms with E-state index in [0.717, 1.165) is 36.0 Å².